The molecule has 6 nitrogen and oxygen atoms in total. The summed E-state index contributed by atoms with van der Waals surface area (Å²) in [4.78, 5) is 16.4. The van der Waals surface area contributed by atoms with Gasteiger partial charge in [0.1, 0.15) is 34.2 Å². The Kier molecular flexibility index (Phi) is 10.2. The number of ether oxygens (including phenoxy) is 3. The minimum atomic E-state index is -0.421. The molecule has 0 radical (unpaired) electrons. The number of hydrogen-bond donors (Lipinski definition) is 0. The summed E-state index contributed by atoms with van der Waals surface area (Å²) < 4.78 is 22.2. The fraction of sp³-hybridized carbons (Fsp3) is 0.308. The minimum Gasteiger partial charge on any atom is -0.494 e. The van der Waals surface area contributed by atoms with Crippen molar-refractivity contribution in [2.45, 2.75) is 34.6 Å². The Labute approximate surface area is 203 Å². The average molecular weight is 516 g/mol. The lowest BCUT2D eigenvalue weighted by atomic mass is 10.1. The molecule has 2 aromatic heterocycles. The van der Waals surface area contributed by atoms with E-state index in [-0.39, 0.29) is 0 Å². The highest BCUT2D eigenvalue weighted by Crippen LogP contribution is 2.34. The van der Waals surface area contributed by atoms with Gasteiger partial charge in [0.15, 0.2) is 0 Å². The fourth-order valence-electron chi connectivity index (χ4n) is 3.19. The van der Waals surface area contributed by atoms with Crippen LogP contribution in [-0.4, -0.2) is 30.0 Å². The highest BCUT2D eigenvalue weighted by molar-refractivity contribution is 9.09. The first-order valence-corrected chi connectivity index (χ1v) is 12.0. The molecule has 176 valence electrons. The molecule has 33 heavy (non-hydrogen) atoms. The SMILES string of the molecule is CC.CCBr.CCOc1ccc2c(Oc3ccc4c(C(=O)OC)c(C)oc4c3)ccnc2c1. The van der Waals surface area contributed by atoms with Gasteiger partial charge in [0.05, 0.1) is 19.2 Å². The number of aromatic nitrogens is 1. The van der Waals surface area contributed by atoms with Crippen molar-refractivity contribution in [3.63, 3.8) is 0 Å². The topological polar surface area (TPSA) is 70.8 Å². The van der Waals surface area contributed by atoms with Gasteiger partial charge in [-0.05, 0) is 44.2 Å². The third-order valence-corrected chi connectivity index (χ3v) is 4.44. The Hall–Kier alpha value is -3.06. The van der Waals surface area contributed by atoms with Crippen molar-refractivity contribution in [2.24, 2.45) is 0 Å². The van der Waals surface area contributed by atoms with Gasteiger partial charge in [-0.15, -0.1) is 0 Å². The molecular formula is C26H30BrNO5. The van der Waals surface area contributed by atoms with E-state index in [1.807, 2.05) is 45.9 Å². The summed E-state index contributed by atoms with van der Waals surface area (Å²) in [5, 5.41) is 2.63. The molecule has 4 rings (SSSR count). The lowest BCUT2D eigenvalue weighted by Crippen LogP contribution is -2.01. The molecule has 0 N–H and O–H groups in total. The second-order valence-electron chi connectivity index (χ2n) is 6.47. The summed E-state index contributed by atoms with van der Waals surface area (Å²) >= 11 is 3.15. The van der Waals surface area contributed by atoms with Crippen LogP contribution in [0.15, 0.2) is 53.1 Å². The van der Waals surface area contributed by atoms with Crippen LogP contribution in [0.1, 0.15) is 43.8 Å². The first kappa shape index (κ1) is 26.2. The third-order valence-electron chi connectivity index (χ3n) is 4.44. The smallest absolute Gasteiger partial charge is 0.342 e. The van der Waals surface area contributed by atoms with E-state index in [0.717, 1.165) is 22.0 Å². The fourth-order valence-corrected chi connectivity index (χ4v) is 3.19. The zero-order valence-corrected chi connectivity index (χ0v) is 21.5. The normalized spacial score (nSPS) is 10.0. The second kappa shape index (κ2) is 12.8. The number of pyridine rings is 1. The van der Waals surface area contributed by atoms with E-state index in [0.29, 0.717) is 40.4 Å². The van der Waals surface area contributed by atoms with Gasteiger partial charge in [-0.1, -0.05) is 36.7 Å². The second-order valence-corrected chi connectivity index (χ2v) is 7.59. The molecule has 0 atom stereocenters. The van der Waals surface area contributed by atoms with Gasteiger partial charge in [-0.3, -0.25) is 4.98 Å². The molecule has 0 saturated carbocycles. The Bertz CT molecular complexity index is 1200. The maximum Gasteiger partial charge on any atom is 0.342 e. The molecule has 2 aromatic carbocycles. The van der Waals surface area contributed by atoms with E-state index >= 15 is 0 Å². The summed E-state index contributed by atoms with van der Waals surface area (Å²) in [7, 11) is 1.35. The Morgan fingerprint density at radius 2 is 1.70 bits per heavy atom. The molecule has 7 heteroatoms. The summed E-state index contributed by atoms with van der Waals surface area (Å²) in [6.07, 6.45) is 1.69. The summed E-state index contributed by atoms with van der Waals surface area (Å²) in [6.45, 7) is 10.3. The number of carbonyl (C=O) groups is 1. The molecule has 0 aliphatic rings. The molecule has 4 aromatic rings. The van der Waals surface area contributed by atoms with E-state index in [9.17, 15) is 4.79 Å². The van der Waals surface area contributed by atoms with E-state index in [4.69, 9.17) is 18.6 Å². The van der Waals surface area contributed by atoms with Crippen LogP contribution in [0.3, 0.4) is 0 Å². The molecular weight excluding hydrogens is 486 g/mol. The Morgan fingerprint density at radius 3 is 2.36 bits per heavy atom. The van der Waals surface area contributed by atoms with E-state index in [1.54, 1.807) is 37.4 Å². The molecule has 0 fully saturated rings. The van der Waals surface area contributed by atoms with Gasteiger partial charge >= 0.3 is 5.97 Å². The summed E-state index contributed by atoms with van der Waals surface area (Å²) in [6, 6.07) is 12.9. The maximum absolute atomic E-state index is 12.0. The third kappa shape index (κ3) is 6.26. The van der Waals surface area contributed by atoms with E-state index in [2.05, 4.69) is 20.9 Å². The highest BCUT2D eigenvalue weighted by Gasteiger charge is 2.19. The van der Waals surface area contributed by atoms with Crippen LogP contribution in [-0.2, 0) is 4.74 Å². The van der Waals surface area contributed by atoms with Gasteiger partial charge in [0, 0.05) is 34.4 Å². The Balaban J connectivity index is 0.000000714. The molecule has 0 unspecified atom stereocenters. The number of nitrogens with zero attached hydrogens (tertiary/aromatic N) is 1. The van der Waals surface area contributed by atoms with Crippen LogP contribution in [0, 0.1) is 6.92 Å². The number of benzene rings is 2. The predicted molar refractivity (Wildman–Crippen MR) is 136 cm³/mol. The van der Waals surface area contributed by atoms with Crippen molar-refractivity contribution in [1.82, 2.24) is 4.98 Å². The molecule has 0 bridgehead atoms. The van der Waals surface area contributed by atoms with Crippen molar-refractivity contribution in [1.29, 1.82) is 0 Å². The molecule has 0 saturated heterocycles. The number of alkyl halides is 1. The number of methoxy groups -OCH3 is 1. The van der Waals surface area contributed by atoms with Crippen LogP contribution in [0.25, 0.3) is 21.9 Å². The van der Waals surface area contributed by atoms with E-state index < -0.39 is 5.97 Å². The number of rotatable bonds is 5. The van der Waals surface area contributed by atoms with Gasteiger partial charge in [0.2, 0.25) is 0 Å². The van der Waals surface area contributed by atoms with Crippen LogP contribution >= 0.6 is 15.9 Å². The zero-order valence-electron chi connectivity index (χ0n) is 19.9. The summed E-state index contributed by atoms with van der Waals surface area (Å²) in [5.41, 5.74) is 1.78. The maximum atomic E-state index is 12.0. The molecule has 0 aliphatic carbocycles. The summed E-state index contributed by atoms with van der Waals surface area (Å²) in [5.74, 6) is 2.12. The standard InChI is InChI=1S/C22H19NO5.C2H5Br.C2H6/c1-4-26-14-5-7-16-18(11-14)23-10-9-19(16)28-15-6-8-17-20(12-15)27-13(2)21(17)22(24)25-3;1-2-3;1-2/h5-12H,4H2,1-3H3;2H2,1H3;1-2H3. The minimum absolute atomic E-state index is 0.421. The van der Waals surface area contributed by atoms with Crippen molar-refractivity contribution < 1.29 is 23.4 Å². The largest absolute Gasteiger partial charge is 0.494 e. The van der Waals surface area contributed by atoms with Gasteiger partial charge in [-0.2, -0.15) is 0 Å². The Morgan fingerprint density at radius 1 is 1.03 bits per heavy atom. The zero-order chi connectivity index (χ0) is 24.4. The predicted octanol–water partition coefficient (Wildman–Crippen LogP) is 7.69. The lowest BCUT2D eigenvalue weighted by Gasteiger charge is -2.10. The monoisotopic (exact) mass is 515 g/mol. The van der Waals surface area contributed by atoms with Crippen molar-refractivity contribution in [3.8, 4) is 17.2 Å². The highest BCUT2D eigenvalue weighted by atomic mass is 79.9. The van der Waals surface area contributed by atoms with Crippen LogP contribution < -0.4 is 9.47 Å². The van der Waals surface area contributed by atoms with Gasteiger partial charge in [0.25, 0.3) is 0 Å². The molecule has 0 spiro atoms. The average Bonchev–Trinajstić information content (AvgIpc) is 3.15. The quantitative estimate of drug-likeness (QED) is 0.200. The molecule has 0 amide bonds. The van der Waals surface area contributed by atoms with Gasteiger partial charge in [-0.25, -0.2) is 4.79 Å². The van der Waals surface area contributed by atoms with Crippen molar-refractivity contribution in [3.05, 3.63) is 60.0 Å². The van der Waals surface area contributed by atoms with Crippen LogP contribution in [0.2, 0.25) is 0 Å². The number of halogens is 1. The number of furan rings is 1. The van der Waals surface area contributed by atoms with Crippen molar-refractivity contribution >= 4 is 43.8 Å². The van der Waals surface area contributed by atoms with Crippen LogP contribution in [0.5, 0.6) is 17.2 Å². The first-order valence-electron chi connectivity index (χ1n) is 10.9. The van der Waals surface area contributed by atoms with Crippen molar-refractivity contribution in [2.75, 3.05) is 19.0 Å². The first-order chi connectivity index (χ1) is 16.0. The number of hydrogen-bond acceptors (Lipinski definition) is 6. The van der Waals surface area contributed by atoms with Gasteiger partial charge < -0.3 is 18.6 Å². The number of esters is 1. The number of aryl methyl sites for hydroxylation is 1. The number of carbonyl (C=O) groups excluding carboxylic acids is 1. The lowest BCUT2D eigenvalue weighted by molar-refractivity contribution is 0.0600. The molecule has 2 heterocycles. The number of fused-ring (bicyclic) bond motifs is 2. The van der Waals surface area contributed by atoms with Crippen LogP contribution in [0.4, 0.5) is 0 Å². The molecule has 0 aliphatic heterocycles. The van der Waals surface area contributed by atoms with E-state index in [1.165, 1.54) is 7.11 Å².